The zero-order chi connectivity index (χ0) is 16.0. The summed E-state index contributed by atoms with van der Waals surface area (Å²) in [4.78, 5) is 20.5. The number of nitrogens with zero attached hydrogens (tertiary/aromatic N) is 2. The van der Waals surface area contributed by atoms with Crippen molar-refractivity contribution < 1.29 is 4.79 Å². The fourth-order valence-electron chi connectivity index (χ4n) is 3.57. The first-order valence-electron chi connectivity index (χ1n) is 7.93. The lowest BCUT2D eigenvalue weighted by atomic mass is 10.1. The third kappa shape index (κ3) is 2.41. The van der Waals surface area contributed by atoms with Crippen molar-refractivity contribution in [1.29, 1.82) is 0 Å². The highest BCUT2D eigenvalue weighted by atomic mass is 16.2. The van der Waals surface area contributed by atoms with E-state index in [2.05, 4.69) is 42.9 Å². The molecular weight excluding hydrogens is 274 g/mol. The van der Waals surface area contributed by atoms with Gasteiger partial charge in [-0.2, -0.15) is 0 Å². The third-order valence-corrected chi connectivity index (χ3v) is 4.96. The lowest BCUT2D eigenvalue weighted by Crippen LogP contribution is -2.39. The fourth-order valence-corrected chi connectivity index (χ4v) is 3.57. The summed E-state index contributed by atoms with van der Waals surface area (Å²) in [7, 11) is 4.04. The summed E-state index contributed by atoms with van der Waals surface area (Å²) in [6.45, 7) is 8.25. The van der Waals surface area contributed by atoms with Crippen LogP contribution in [0.15, 0.2) is 12.1 Å². The van der Waals surface area contributed by atoms with Crippen LogP contribution in [-0.4, -0.2) is 53.9 Å². The van der Waals surface area contributed by atoms with Crippen molar-refractivity contribution in [3.05, 3.63) is 34.5 Å². The van der Waals surface area contributed by atoms with Gasteiger partial charge in [-0.1, -0.05) is 11.6 Å². The molecule has 0 bridgehead atoms. The van der Waals surface area contributed by atoms with Gasteiger partial charge in [0.15, 0.2) is 0 Å². The molecule has 2 aromatic rings. The van der Waals surface area contributed by atoms with E-state index in [-0.39, 0.29) is 5.91 Å². The average molecular weight is 299 g/mol. The quantitative estimate of drug-likeness (QED) is 0.926. The van der Waals surface area contributed by atoms with Gasteiger partial charge in [-0.25, -0.2) is 0 Å². The molecule has 0 saturated carbocycles. The average Bonchev–Trinajstić information content (AvgIpc) is 3.03. The molecular formula is C18H25N3O. The number of aromatic amines is 1. The Balaban J connectivity index is 1.97. The molecule has 118 valence electrons. The second kappa shape index (κ2) is 5.43. The van der Waals surface area contributed by atoms with Gasteiger partial charge in [0, 0.05) is 30.5 Å². The summed E-state index contributed by atoms with van der Waals surface area (Å²) < 4.78 is 0. The Hall–Kier alpha value is -1.81. The van der Waals surface area contributed by atoms with E-state index in [1.54, 1.807) is 0 Å². The topological polar surface area (TPSA) is 39.3 Å². The molecule has 1 aromatic heterocycles. The van der Waals surface area contributed by atoms with Crippen molar-refractivity contribution in [2.75, 3.05) is 27.2 Å². The molecule has 1 saturated heterocycles. The van der Waals surface area contributed by atoms with E-state index in [0.29, 0.717) is 6.04 Å². The number of aryl methyl sites for hydroxylation is 3. The fraction of sp³-hybridized carbons (Fsp3) is 0.500. The summed E-state index contributed by atoms with van der Waals surface area (Å²) in [5, 5.41) is 1.16. The van der Waals surface area contributed by atoms with E-state index in [4.69, 9.17) is 0 Å². The standard InChI is InChI=1S/C18H25N3O/c1-11-8-12(2)16-15(9-11)13(3)17(19-16)18(22)21(5)14-6-7-20(4)10-14/h8-9,14,19H,6-7,10H2,1-5H3/t14-/m0/s1. The molecule has 1 aliphatic heterocycles. The predicted octanol–water partition coefficient (Wildman–Crippen LogP) is 2.87. The van der Waals surface area contributed by atoms with E-state index >= 15 is 0 Å². The van der Waals surface area contributed by atoms with Gasteiger partial charge in [0.25, 0.3) is 5.91 Å². The molecule has 1 aliphatic rings. The van der Waals surface area contributed by atoms with Crippen LogP contribution in [0.4, 0.5) is 0 Å². The molecule has 4 heteroatoms. The Morgan fingerprint density at radius 2 is 2.05 bits per heavy atom. The van der Waals surface area contributed by atoms with Crippen LogP contribution < -0.4 is 0 Å². The molecule has 1 amide bonds. The number of hydrogen-bond acceptors (Lipinski definition) is 2. The number of nitrogens with one attached hydrogen (secondary N) is 1. The minimum atomic E-state index is 0.103. The van der Waals surface area contributed by atoms with Gasteiger partial charge < -0.3 is 14.8 Å². The number of fused-ring (bicyclic) bond motifs is 1. The van der Waals surface area contributed by atoms with Crippen LogP contribution in [0.5, 0.6) is 0 Å². The van der Waals surface area contributed by atoms with E-state index in [1.807, 2.05) is 18.9 Å². The molecule has 0 radical (unpaired) electrons. The van der Waals surface area contributed by atoms with Gasteiger partial charge in [0.2, 0.25) is 0 Å². The van der Waals surface area contributed by atoms with E-state index in [0.717, 1.165) is 41.7 Å². The van der Waals surface area contributed by atoms with Crippen LogP contribution in [0.1, 0.15) is 33.6 Å². The highest BCUT2D eigenvalue weighted by molar-refractivity contribution is 6.01. The van der Waals surface area contributed by atoms with Gasteiger partial charge in [-0.15, -0.1) is 0 Å². The highest BCUT2D eigenvalue weighted by Gasteiger charge is 2.28. The number of likely N-dealkylation sites (N-methyl/N-ethyl adjacent to an activating group) is 2. The highest BCUT2D eigenvalue weighted by Crippen LogP contribution is 2.27. The molecule has 0 spiro atoms. The Morgan fingerprint density at radius 3 is 2.68 bits per heavy atom. The number of rotatable bonds is 2. The van der Waals surface area contributed by atoms with E-state index in [9.17, 15) is 4.79 Å². The second-order valence-corrected chi connectivity index (χ2v) is 6.75. The number of likely N-dealkylation sites (tertiary alicyclic amines) is 1. The summed E-state index contributed by atoms with van der Waals surface area (Å²) >= 11 is 0. The minimum Gasteiger partial charge on any atom is -0.350 e. The number of aromatic nitrogens is 1. The number of H-pyrrole nitrogens is 1. The maximum atomic E-state index is 12.9. The molecule has 0 unspecified atom stereocenters. The Labute approximate surface area is 132 Å². The summed E-state index contributed by atoms with van der Waals surface area (Å²) in [6, 6.07) is 4.63. The van der Waals surface area contributed by atoms with Crippen LogP contribution in [0.25, 0.3) is 10.9 Å². The minimum absolute atomic E-state index is 0.103. The number of hydrogen-bond donors (Lipinski definition) is 1. The maximum absolute atomic E-state index is 12.9. The molecule has 4 nitrogen and oxygen atoms in total. The largest absolute Gasteiger partial charge is 0.350 e. The number of carbonyl (C=O) groups excluding carboxylic acids is 1. The smallest absolute Gasteiger partial charge is 0.270 e. The Morgan fingerprint density at radius 1 is 1.32 bits per heavy atom. The van der Waals surface area contributed by atoms with Crippen molar-refractivity contribution in [3.63, 3.8) is 0 Å². The van der Waals surface area contributed by atoms with Crippen molar-refractivity contribution >= 4 is 16.8 Å². The van der Waals surface area contributed by atoms with E-state index < -0.39 is 0 Å². The summed E-state index contributed by atoms with van der Waals surface area (Å²) in [5.41, 5.74) is 5.31. The molecule has 0 aliphatic carbocycles. The van der Waals surface area contributed by atoms with Crippen LogP contribution in [0, 0.1) is 20.8 Å². The van der Waals surface area contributed by atoms with E-state index in [1.165, 1.54) is 11.1 Å². The lowest BCUT2D eigenvalue weighted by Gasteiger charge is -2.24. The first kappa shape index (κ1) is 15.1. The Bertz CT molecular complexity index is 731. The lowest BCUT2D eigenvalue weighted by molar-refractivity contribution is 0.0732. The molecule has 1 fully saturated rings. The number of carbonyl (C=O) groups is 1. The van der Waals surface area contributed by atoms with Crippen molar-refractivity contribution in [1.82, 2.24) is 14.8 Å². The van der Waals surface area contributed by atoms with Crippen molar-refractivity contribution in [3.8, 4) is 0 Å². The first-order chi connectivity index (χ1) is 10.4. The van der Waals surface area contributed by atoms with Gasteiger partial charge >= 0.3 is 0 Å². The van der Waals surface area contributed by atoms with Gasteiger partial charge in [-0.3, -0.25) is 4.79 Å². The molecule has 22 heavy (non-hydrogen) atoms. The number of amides is 1. The van der Waals surface area contributed by atoms with Crippen LogP contribution in [0.3, 0.4) is 0 Å². The zero-order valence-corrected chi connectivity index (χ0v) is 14.2. The van der Waals surface area contributed by atoms with Crippen molar-refractivity contribution in [2.24, 2.45) is 0 Å². The molecule has 1 atom stereocenters. The monoisotopic (exact) mass is 299 g/mol. The molecule has 1 aromatic carbocycles. The van der Waals surface area contributed by atoms with Crippen LogP contribution in [-0.2, 0) is 0 Å². The first-order valence-corrected chi connectivity index (χ1v) is 7.93. The molecule has 3 rings (SSSR count). The number of benzene rings is 1. The zero-order valence-electron chi connectivity index (χ0n) is 14.2. The summed E-state index contributed by atoms with van der Waals surface area (Å²) in [5.74, 6) is 0.103. The van der Waals surface area contributed by atoms with Crippen LogP contribution >= 0.6 is 0 Å². The Kier molecular flexibility index (Phi) is 3.73. The summed E-state index contributed by atoms with van der Waals surface area (Å²) in [6.07, 6.45) is 1.05. The SMILES string of the molecule is Cc1cc(C)c2[nH]c(C(=O)N(C)[C@H]3CCN(C)C3)c(C)c2c1. The maximum Gasteiger partial charge on any atom is 0.270 e. The van der Waals surface area contributed by atoms with Gasteiger partial charge in [0.05, 0.1) is 0 Å². The van der Waals surface area contributed by atoms with Crippen LogP contribution in [0.2, 0.25) is 0 Å². The third-order valence-electron chi connectivity index (χ3n) is 4.96. The normalized spacial score (nSPS) is 19.0. The second-order valence-electron chi connectivity index (χ2n) is 6.75. The van der Waals surface area contributed by atoms with Gasteiger partial charge in [-0.05, 0) is 58.0 Å². The van der Waals surface area contributed by atoms with Gasteiger partial charge in [0.1, 0.15) is 5.69 Å². The molecule has 1 N–H and O–H groups in total. The van der Waals surface area contributed by atoms with Crippen molar-refractivity contribution in [2.45, 2.75) is 33.2 Å². The predicted molar refractivity (Wildman–Crippen MR) is 90.5 cm³/mol. The molecule has 2 heterocycles.